The number of carbonyl (C=O) groups is 1. The Kier molecular flexibility index (Phi) is 7.64. The smallest absolute Gasteiger partial charge is 0.251 e. The summed E-state index contributed by atoms with van der Waals surface area (Å²) in [5, 5.41) is 2.72. The molecule has 0 radical (unpaired) electrons. The third kappa shape index (κ3) is 5.69. The van der Waals surface area contributed by atoms with Crippen LogP contribution in [-0.2, 0) is 15.8 Å². The van der Waals surface area contributed by atoms with Crippen LogP contribution in [-0.4, -0.2) is 40.8 Å². The highest BCUT2D eigenvalue weighted by atomic mass is 32.2. The molecule has 2 aromatic carbocycles. The minimum atomic E-state index is -3.76. The van der Waals surface area contributed by atoms with Gasteiger partial charge in [-0.05, 0) is 36.9 Å². The van der Waals surface area contributed by atoms with Gasteiger partial charge < -0.3 is 10.1 Å². The molecule has 146 valence electrons. The summed E-state index contributed by atoms with van der Waals surface area (Å²) in [6, 6.07) is 10.8. The zero-order valence-electron chi connectivity index (χ0n) is 15.0. The first-order valence-corrected chi connectivity index (χ1v) is 10.7. The highest BCUT2D eigenvalue weighted by Crippen LogP contribution is 2.24. The van der Waals surface area contributed by atoms with Crippen molar-refractivity contribution in [1.29, 1.82) is 0 Å². The summed E-state index contributed by atoms with van der Waals surface area (Å²) in [6.07, 6.45) is 0. The van der Waals surface area contributed by atoms with Gasteiger partial charge in [0.2, 0.25) is 10.0 Å². The topological polar surface area (TPSA) is 84.5 Å². The Bertz CT molecular complexity index is 904. The summed E-state index contributed by atoms with van der Waals surface area (Å²) in [6.45, 7) is 0.373. The van der Waals surface area contributed by atoms with Crippen molar-refractivity contribution >= 4 is 27.7 Å². The summed E-state index contributed by atoms with van der Waals surface area (Å²) in [4.78, 5) is 12.2. The SMILES string of the molecule is CNS(=O)(=O)c1cc(C(=O)NCCSCc2ccccc2F)ccc1OC. The highest BCUT2D eigenvalue weighted by Gasteiger charge is 2.20. The van der Waals surface area contributed by atoms with E-state index in [1.165, 1.54) is 50.2 Å². The van der Waals surface area contributed by atoms with Gasteiger partial charge >= 0.3 is 0 Å². The van der Waals surface area contributed by atoms with Crippen molar-refractivity contribution in [2.24, 2.45) is 0 Å². The average molecular weight is 413 g/mol. The number of benzene rings is 2. The molecule has 1 amide bonds. The van der Waals surface area contributed by atoms with Crippen LogP contribution in [0.3, 0.4) is 0 Å². The average Bonchev–Trinajstić information content (AvgIpc) is 2.68. The molecule has 0 saturated heterocycles. The van der Waals surface area contributed by atoms with Crippen molar-refractivity contribution in [3.05, 3.63) is 59.4 Å². The molecule has 0 aliphatic heterocycles. The van der Waals surface area contributed by atoms with E-state index in [2.05, 4.69) is 10.0 Å². The van der Waals surface area contributed by atoms with Gasteiger partial charge in [0.15, 0.2) is 0 Å². The van der Waals surface area contributed by atoms with Gasteiger partial charge in [-0.2, -0.15) is 11.8 Å². The van der Waals surface area contributed by atoms with Gasteiger partial charge in [-0.3, -0.25) is 4.79 Å². The lowest BCUT2D eigenvalue weighted by atomic mass is 10.2. The van der Waals surface area contributed by atoms with Crippen LogP contribution in [0.25, 0.3) is 0 Å². The van der Waals surface area contributed by atoms with Crippen LogP contribution >= 0.6 is 11.8 Å². The number of thioether (sulfide) groups is 1. The summed E-state index contributed by atoms with van der Waals surface area (Å²) >= 11 is 1.49. The Labute approximate surface area is 162 Å². The first-order chi connectivity index (χ1) is 12.9. The fourth-order valence-corrected chi connectivity index (χ4v) is 4.04. The van der Waals surface area contributed by atoms with Gasteiger partial charge in [0.05, 0.1) is 7.11 Å². The maximum atomic E-state index is 13.5. The second-order valence-electron chi connectivity index (χ2n) is 5.47. The monoisotopic (exact) mass is 412 g/mol. The Morgan fingerprint density at radius 1 is 1.22 bits per heavy atom. The first kappa shape index (κ1) is 21.2. The van der Waals surface area contributed by atoms with Crippen LogP contribution in [0.15, 0.2) is 47.4 Å². The molecule has 0 saturated carbocycles. The Morgan fingerprint density at radius 3 is 2.63 bits per heavy atom. The Hall–Kier alpha value is -2.10. The van der Waals surface area contributed by atoms with Crippen LogP contribution in [0.5, 0.6) is 5.75 Å². The van der Waals surface area contributed by atoms with E-state index in [-0.39, 0.29) is 22.0 Å². The normalized spacial score (nSPS) is 11.2. The molecule has 9 heteroatoms. The molecule has 0 heterocycles. The number of hydrogen-bond donors (Lipinski definition) is 2. The molecule has 2 aromatic rings. The quantitative estimate of drug-likeness (QED) is 0.618. The van der Waals surface area contributed by atoms with Gasteiger partial charge in [-0.1, -0.05) is 18.2 Å². The molecule has 0 atom stereocenters. The summed E-state index contributed by atoms with van der Waals surface area (Å²) < 4.78 is 44.9. The lowest BCUT2D eigenvalue weighted by Crippen LogP contribution is -2.26. The van der Waals surface area contributed by atoms with Crippen molar-refractivity contribution in [3.8, 4) is 5.75 Å². The third-order valence-corrected chi connectivity index (χ3v) is 6.17. The molecular formula is C18H21FN2O4S2. The van der Waals surface area contributed by atoms with Crippen molar-refractivity contribution in [2.75, 3.05) is 26.5 Å². The van der Waals surface area contributed by atoms with Crippen LogP contribution in [0.4, 0.5) is 4.39 Å². The molecule has 0 aliphatic rings. The maximum absolute atomic E-state index is 13.5. The van der Waals surface area contributed by atoms with E-state index in [1.54, 1.807) is 18.2 Å². The predicted molar refractivity (Wildman–Crippen MR) is 104 cm³/mol. The first-order valence-electron chi connectivity index (χ1n) is 8.10. The van der Waals surface area contributed by atoms with Gasteiger partial charge in [-0.25, -0.2) is 17.5 Å². The fraction of sp³-hybridized carbons (Fsp3) is 0.278. The molecule has 2 N–H and O–H groups in total. The van der Waals surface area contributed by atoms with Crippen LogP contribution in [0.2, 0.25) is 0 Å². The number of ether oxygens (including phenoxy) is 1. The van der Waals surface area contributed by atoms with E-state index < -0.39 is 15.9 Å². The largest absolute Gasteiger partial charge is 0.495 e. The molecule has 27 heavy (non-hydrogen) atoms. The Balaban J connectivity index is 1.92. The fourth-order valence-electron chi connectivity index (χ4n) is 2.27. The van der Waals surface area contributed by atoms with Crippen molar-refractivity contribution < 1.29 is 22.3 Å². The molecule has 0 aromatic heterocycles. The third-order valence-electron chi connectivity index (χ3n) is 3.73. The van der Waals surface area contributed by atoms with Crippen molar-refractivity contribution in [2.45, 2.75) is 10.6 Å². The number of carbonyl (C=O) groups excluding carboxylic acids is 1. The van der Waals surface area contributed by atoms with Crippen LogP contribution in [0, 0.1) is 5.82 Å². The molecule has 6 nitrogen and oxygen atoms in total. The lowest BCUT2D eigenvalue weighted by molar-refractivity contribution is 0.0956. The molecule has 0 spiro atoms. The highest BCUT2D eigenvalue weighted by molar-refractivity contribution is 7.98. The van der Waals surface area contributed by atoms with Gasteiger partial charge in [0.1, 0.15) is 16.5 Å². The zero-order chi connectivity index (χ0) is 19.9. The molecule has 0 bridgehead atoms. The summed E-state index contributed by atoms with van der Waals surface area (Å²) in [5.41, 5.74) is 0.828. The molecule has 0 aliphatic carbocycles. The number of methoxy groups -OCH3 is 1. The maximum Gasteiger partial charge on any atom is 0.251 e. The van der Waals surface area contributed by atoms with Crippen molar-refractivity contribution in [3.63, 3.8) is 0 Å². The van der Waals surface area contributed by atoms with E-state index in [0.717, 1.165) is 0 Å². The number of halogens is 1. The number of rotatable bonds is 9. The number of nitrogens with one attached hydrogen (secondary N) is 2. The Morgan fingerprint density at radius 2 is 1.96 bits per heavy atom. The van der Waals surface area contributed by atoms with E-state index in [0.29, 0.717) is 23.6 Å². The summed E-state index contributed by atoms with van der Waals surface area (Å²) in [7, 11) is -1.11. The van der Waals surface area contributed by atoms with Crippen LogP contribution in [0.1, 0.15) is 15.9 Å². The van der Waals surface area contributed by atoms with Crippen LogP contribution < -0.4 is 14.8 Å². The van der Waals surface area contributed by atoms with E-state index in [1.807, 2.05) is 0 Å². The number of sulfonamides is 1. The lowest BCUT2D eigenvalue weighted by Gasteiger charge is -2.11. The molecule has 2 rings (SSSR count). The molecule has 0 fully saturated rings. The predicted octanol–water partition coefficient (Wildman–Crippen LogP) is 2.41. The van der Waals surface area contributed by atoms with E-state index in [4.69, 9.17) is 4.74 Å². The van der Waals surface area contributed by atoms with E-state index in [9.17, 15) is 17.6 Å². The number of hydrogen-bond acceptors (Lipinski definition) is 5. The van der Waals surface area contributed by atoms with Crippen molar-refractivity contribution in [1.82, 2.24) is 10.0 Å². The van der Waals surface area contributed by atoms with Gasteiger partial charge in [-0.15, -0.1) is 0 Å². The number of amides is 1. The van der Waals surface area contributed by atoms with E-state index >= 15 is 0 Å². The summed E-state index contributed by atoms with van der Waals surface area (Å²) in [5.74, 6) is 0.622. The molecule has 0 unspecified atom stereocenters. The second kappa shape index (κ2) is 9.72. The zero-order valence-corrected chi connectivity index (χ0v) is 16.6. The van der Waals surface area contributed by atoms with Gasteiger partial charge in [0, 0.05) is 23.6 Å². The minimum Gasteiger partial charge on any atom is -0.495 e. The van der Waals surface area contributed by atoms with Gasteiger partial charge in [0.25, 0.3) is 5.91 Å². The minimum absolute atomic E-state index is 0.103. The molecular weight excluding hydrogens is 391 g/mol. The standard InChI is InChI=1S/C18H21FN2O4S2/c1-20-27(23,24)17-11-13(7-8-16(17)25-2)18(22)21-9-10-26-12-14-5-3-4-6-15(14)19/h3-8,11,20H,9-10,12H2,1-2H3,(H,21,22). The second-order valence-corrected chi connectivity index (χ2v) is 8.43.